The lowest BCUT2D eigenvalue weighted by Gasteiger charge is -2.26. The van der Waals surface area contributed by atoms with Crippen molar-refractivity contribution in [2.45, 2.75) is 13.2 Å². The van der Waals surface area contributed by atoms with Gasteiger partial charge in [0, 0.05) is 38.3 Å². The maximum Gasteiger partial charge on any atom is 0.161 e. The monoisotopic (exact) mass is 408 g/mol. The van der Waals surface area contributed by atoms with E-state index in [1.807, 2.05) is 18.2 Å². The maximum atomic E-state index is 13.1. The Morgan fingerprint density at radius 2 is 1.96 bits per heavy atom. The van der Waals surface area contributed by atoms with Crippen molar-refractivity contribution in [1.29, 1.82) is 0 Å². The van der Waals surface area contributed by atoms with Crippen LogP contribution < -0.4 is 14.8 Å². The molecule has 0 atom stereocenters. The molecule has 1 saturated heterocycles. The zero-order chi connectivity index (χ0) is 19.8. The summed E-state index contributed by atoms with van der Waals surface area (Å²) in [5.74, 6) is 0.919. The minimum absolute atomic E-state index is 0.243. The van der Waals surface area contributed by atoms with Gasteiger partial charge in [-0.25, -0.2) is 4.39 Å². The second kappa shape index (κ2) is 10.6. The lowest BCUT2D eigenvalue weighted by molar-refractivity contribution is 0.0384. The first-order valence-corrected chi connectivity index (χ1v) is 9.78. The molecule has 0 aliphatic carbocycles. The van der Waals surface area contributed by atoms with E-state index in [-0.39, 0.29) is 12.4 Å². The molecule has 0 aromatic heterocycles. The van der Waals surface area contributed by atoms with Crippen molar-refractivity contribution < 1.29 is 18.6 Å². The minimum atomic E-state index is -0.364. The highest BCUT2D eigenvalue weighted by Crippen LogP contribution is 2.29. The Balaban J connectivity index is 1.50. The fourth-order valence-electron chi connectivity index (χ4n) is 3.03. The van der Waals surface area contributed by atoms with E-state index in [1.165, 1.54) is 12.1 Å². The summed E-state index contributed by atoms with van der Waals surface area (Å²) in [6.07, 6.45) is 0. The van der Waals surface area contributed by atoms with Gasteiger partial charge in [0.15, 0.2) is 11.5 Å². The van der Waals surface area contributed by atoms with E-state index in [4.69, 9.17) is 25.8 Å². The van der Waals surface area contributed by atoms with Gasteiger partial charge >= 0.3 is 0 Å². The third-order valence-electron chi connectivity index (χ3n) is 4.66. The minimum Gasteiger partial charge on any atom is -0.493 e. The van der Waals surface area contributed by atoms with Crippen molar-refractivity contribution >= 4 is 11.6 Å². The van der Waals surface area contributed by atoms with Crippen LogP contribution in [0.15, 0.2) is 36.4 Å². The van der Waals surface area contributed by atoms with Crippen LogP contribution in [-0.4, -0.2) is 51.4 Å². The Kier molecular flexibility index (Phi) is 7.91. The molecule has 28 heavy (non-hydrogen) atoms. The molecule has 1 aliphatic rings. The molecular formula is C21H26ClFN2O3. The number of hydrogen-bond acceptors (Lipinski definition) is 5. The first-order chi connectivity index (χ1) is 13.7. The molecule has 2 aromatic carbocycles. The lowest BCUT2D eigenvalue weighted by atomic mass is 10.2. The highest BCUT2D eigenvalue weighted by molar-refractivity contribution is 6.31. The number of morpholine rings is 1. The average molecular weight is 409 g/mol. The summed E-state index contributed by atoms with van der Waals surface area (Å²) in [6.45, 7) is 6.57. The topological polar surface area (TPSA) is 43.0 Å². The third-order valence-corrected chi connectivity index (χ3v) is 5.02. The number of ether oxygens (including phenoxy) is 3. The van der Waals surface area contributed by atoms with Gasteiger partial charge in [-0.15, -0.1) is 0 Å². The Morgan fingerprint density at radius 1 is 1.14 bits per heavy atom. The van der Waals surface area contributed by atoms with Gasteiger partial charge in [-0.05, 0) is 29.8 Å². The van der Waals surface area contributed by atoms with Crippen molar-refractivity contribution in [2.24, 2.45) is 0 Å². The first-order valence-electron chi connectivity index (χ1n) is 9.40. The number of nitrogens with one attached hydrogen (secondary N) is 1. The summed E-state index contributed by atoms with van der Waals surface area (Å²) in [5.41, 5.74) is 1.84. The van der Waals surface area contributed by atoms with Gasteiger partial charge in [-0.1, -0.05) is 23.7 Å². The van der Waals surface area contributed by atoms with E-state index in [1.54, 1.807) is 13.2 Å². The Morgan fingerprint density at radius 3 is 2.71 bits per heavy atom. The van der Waals surface area contributed by atoms with Crippen LogP contribution in [0.3, 0.4) is 0 Å². The number of halogens is 2. The van der Waals surface area contributed by atoms with Crippen LogP contribution in [0.25, 0.3) is 0 Å². The summed E-state index contributed by atoms with van der Waals surface area (Å²) in [6, 6.07) is 10.1. The molecule has 1 fully saturated rings. The molecule has 0 bridgehead atoms. The molecule has 1 aliphatic heterocycles. The zero-order valence-electron chi connectivity index (χ0n) is 16.0. The van der Waals surface area contributed by atoms with Gasteiger partial charge in [0.1, 0.15) is 12.4 Å². The van der Waals surface area contributed by atoms with Crippen LogP contribution in [-0.2, 0) is 17.9 Å². The quantitative estimate of drug-likeness (QED) is 0.643. The molecule has 0 spiro atoms. The van der Waals surface area contributed by atoms with E-state index in [0.717, 1.165) is 57.1 Å². The fraction of sp³-hybridized carbons (Fsp3) is 0.429. The largest absolute Gasteiger partial charge is 0.493 e. The van der Waals surface area contributed by atoms with E-state index >= 15 is 0 Å². The molecular weight excluding hydrogens is 383 g/mol. The van der Waals surface area contributed by atoms with Gasteiger partial charge < -0.3 is 19.5 Å². The molecule has 1 heterocycles. The maximum absolute atomic E-state index is 13.1. The SMILES string of the molecule is COc1cc(CNCCN2CCOCC2)ccc1OCc1ccc(F)cc1Cl. The van der Waals surface area contributed by atoms with Crippen molar-refractivity contribution in [2.75, 3.05) is 46.5 Å². The average Bonchev–Trinajstić information content (AvgIpc) is 2.72. The Hall–Kier alpha value is -1.86. The highest BCUT2D eigenvalue weighted by Gasteiger charge is 2.10. The second-order valence-electron chi connectivity index (χ2n) is 6.64. The molecule has 2 aromatic rings. The number of hydrogen-bond donors (Lipinski definition) is 1. The van der Waals surface area contributed by atoms with Gasteiger partial charge in [-0.3, -0.25) is 4.90 Å². The molecule has 7 heteroatoms. The number of benzene rings is 2. The number of rotatable bonds is 9. The first kappa shape index (κ1) is 20.9. The highest BCUT2D eigenvalue weighted by atomic mass is 35.5. The van der Waals surface area contributed by atoms with Crippen molar-refractivity contribution in [3.63, 3.8) is 0 Å². The normalized spacial score (nSPS) is 14.8. The van der Waals surface area contributed by atoms with Gasteiger partial charge in [0.25, 0.3) is 0 Å². The van der Waals surface area contributed by atoms with Crippen LogP contribution in [0.5, 0.6) is 11.5 Å². The third kappa shape index (κ3) is 6.07. The number of methoxy groups -OCH3 is 1. The predicted octanol–water partition coefficient (Wildman–Crippen LogP) is 3.49. The molecule has 0 saturated carbocycles. The van der Waals surface area contributed by atoms with Crippen LogP contribution in [0.1, 0.15) is 11.1 Å². The van der Waals surface area contributed by atoms with E-state index in [0.29, 0.717) is 16.5 Å². The van der Waals surface area contributed by atoms with Gasteiger partial charge in [0.2, 0.25) is 0 Å². The summed E-state index contributed by atoms with van der Waals surface area (Å²) >= 11 is 6.05. The van der Waals surface area contributed by atoms with Crippen LogP contribution >= 0.6 is 11.6 Å². The van der Waals surface area contributed by atoms with Crippen molar-refractivity contribution in [1.82, 2.24) is 10.2 Å². The summed E-state index contributed by atoms with van der Waals surface area (Å²) in [4.78, 5) is 2.40. The molecule has 152 valence electrons. The Bertz CT molecular complexity index is 769. The summed E-state index contributed by atoms with van der Waals surface area (Å²) in [5, 5.41) is 3.81. The van der Waals surface area contributed by atoms with Crippen molar-refractivity contribution in [3.05, 3.63) is 58.4 Å². The molecule has 3 rings (SSSR count). The molecule has 0 radical (unpaired) electrons. The zero-order valence-corrected chi connectivity index (χ0v) is 16.8. The standard InChI is InChI=1S/C21H26ClFN2O3/c1-26-21-12-16(14-24-6-7-25-8-10-27-11-9-25)2-5-20(21)28-15-17-3-4-18(23)13-19(17)22/h2-5,12-13,24H,6-11,14-15H2,1H3. The summed E-state index contributed by atoms with van der Waals surface area (Å²) < 4.78 is 29.8. The van der Waals surface area contributed by atoms with Crippen LogP contribution in [0.2, 0.25) is 5.02 Å². The predicted molar refractivity (Wildman–Crippen MR) is 108 cm³/mol. The Labute approximate surface area is 170 Å². The number of nitrogens with zero attached hydrogens (tertiary/aromatic N) is 1. The van der Waals surface area contributed by atoms with E-state index in [2.05, 4.69) is 10.2 Å². The molecule has 0 amide bonds. The van der Waals surface area contributed by atoms with Crippen molar-refractivity contribution in [3.8, 4) is 11.5 Å². The second-order valence-corrected chi connectivity index (χ2v) is 7.05. The van der Waals surface area contributed by atoms with E-state index < -0.39 is 0 Å². The van der Waals surface area contributed by atoms with Gasteiger partial charge in [-0.2, -0.15) is 0 Å². The lowest BCUT2D eigenvalue weighted by Crippen LogP contribution is -2.40. The van der Waals surface area contributed by atoms with Gasteiger partial charge in [0.05, 0.1) is 25.3 Å². The molecule has 5 nitrogen and oxygen atoms in total. The summed E-state index contributed by atoms with van der Waals surface area (Å²) in [7, 11) is 1.61. The van der Waals surface area contributed by atoms with Crippen LogP contribution in [0, 0.1) is 5.82 Å². The fourth-order valence-corrected chi connectivity index (χ4v) is 3.25. The molecule has 0 unspecified atom stereocenters. The van der Waals surface area contributed by atoms with Crippen LogP contribution in [0.4, 0.5) is 4.39 Å². The molecule has 1 N–H and O–H groups in total. The van der Waals surface area contributed by atoms with E-state index in [9.17, 15) is 4.39 Å². The smallest absolute Gasteiger partial charge is 0.161 e.